The second kappa shape index (κ2) is 5.23. The van der Waals surface area contributed by atoms with Gasteiger partial charge in [-0.15, -0.1) is 10.2 Å². The van der Waals surface area contributed by atoms with E-state index >= 15 is 0 Å². The molecule has 0 saturated carbocycles. The fraction of sp³-hybridized carbons (Fsp3) is 0.692. The molecule has 1 atom stereocenters. The van der Waals surface area contributed by atoms with Crippen LogP contribution in [0.5, 0.6) is 0 Å². The van der Waals surface area contributed by atoms with Gasteiger partial charge in [0.05, 0.1) is 18.2 Å². The second-order valence-corrected chi connectivity index (χ2v) is 5.85. The van der Waals surface area contributed by atoms with Crippen LogP contribution in [-0.4, -0.2) is 41.5 Å². The molecule has 1 unspecified atom stereocenters. The van der Waals surface area contributed by atoms with Gasteiger partial charge >= 0.3 is 0 Å². The molecule has 3 heterocycles. The van der Waals surface area contributed by atoms with Crippen molar-refractivity contribution in [1.82, 2.24) is 15.5 Å². The molecule has 2 aliphatic heterocycles. The Kier molecular flexibility index (Phi) is 3.60. The van der Waals surface area contributed by atoms with Crippen molar-refractivity contribution in [2.75, 3.05) is 25.0 Å². The Hall–Kier alpha value is -0.910. The second-order valence-electron chi connectivity index (χ2n) is 5.49. The predicted molar refractivity (Wildman–Crippen MR) is 74.6 cm³/mol. The summed E-state index contributed by atoms with van der Waals surface area (Å²) in [5, 5.41) is 15.2. The third-order valence-electron chi connectivity index (χ3n) is 4.00. The Bertz CT molecular complexity index is 462. The van der Waals surface area contributed by atoms with E-state index in [-0.39, 0.29) is 5.60 Å². The van der Waals surface area contributed by atoms with Crippen LogP contribution in [0.4, 0.5) is 5.82 Å². The van der Waals surface area contributed by atoms with Crippen LogP contribution in [0.15, 0.2) is 6.07 Å². The average Bonchev–Trinajstić information content (AvgIpc) is 2.78. The molecule has 0 bridgehead atoms. The first-order valence-electron chi connectivity index (χ1n) is 6.78. The molecule has 2 aliphatic rings. The first-order valence-corrected chi connectivity index (χ1v) is 7.16. The van der Waals surface area contributed by atoms with E-state index in [0.29, 0.717) is 11.2 Å². The van der Waals surface area contributed by atoms with Gasteiger partial charge in [-0.2, -0.15) is 0 Å². The Morgan fingerprint density at radius 1 is 1.42 bits per heavy atom. The number of halogens is 1. The van der Waals surface area contributed by atoms with Gasteiger partial charge in [0.25, 0.3) is 0 Å². The van der Waals surface area contributed by atoms with Crippen LogP contribution in [0.3, 0.4) is 0 Å². The number of hydrogen-bond acceptors (Lipinski definition) is 5. The lowest BCUT2D eigenvalue weighted by molar-refractivity contribution is -0.0192. The quantitative estimate of drug-likeness (QED) is 0.866. The molecular formula is C13H19ClN4O. The summed E-state index contributed by atoms with van der Waals surface area (Å²) in [4.78, 5) is 0. The Morgan fingerprint density at radius 2 is 2.21 bits per heavy atom. The zero-order valence-corrected chi connectivity index (χ0v) is 11.8. The monoisotopic (exact) mass is 282 g/mol. The normalized spacial score (nSPS) is 25.7. The summed E-state index contributed by atoms with van der Waals surface area (Å²) in [6.07, 6.45) is 3.23. The van der Waals surface area contributed by atoms with Gasteiger partial charge < -0.3 is 15.4 Å². The van der Waals surface area contributed by atoms with Crippen molar-refractivity contribution in [3.63, 3.8) is 0 Å². The van der Waals surface area contributed by atoms with Gasteiger partial charge in [0.15, 0.2) is 5.15 Å². The highest BCUT2D eigenvalue weighted by molar-refractivity contribution is 6.30. The van der Waals surface area contributed by atoms with Crippen LogP contribution in [0.1, 0.15) is 24.8 Å². The van der Waals surface area contributed by atoms with Gasteiger partial charge in [-0.25, -0.2) is 0 Å². The molecule has 0 amide bonds. The van der Waals surface area contributed by atoms with Crippen molar-refractivity contribution in [3.8, 4) is 0 Å². The third-order valence-corrected chi connectivity index (χ3v) is 4.37. The van der Waals surface area contributed by atoms with E-state index in [9.17, 15) is 0 Å². The number of hydrogen-bond donors (Lipinski definition) is 2. The molecule has 2 fully saturated rings. The standard InChI is InChI=1S/C13H19ClN4O/c1-9-6-11(17-18-12(9)14)16-10-7-13(19-8-10)2-4-15-5-3-13/h6,10,15H,2-5,7-8H2,1H3,(H,16,17). The van der Waals surface area contributed by atoms with Crippen molar-refractivity contribution >= 4 is 17.4 Å². The van der Waals surface area contributed by atoms with Gasteiger partial charge in [0.1, 0.15) is 5.82 Å². The van der Waals surface area contributed by atoms with Crippen LogP contribution >= 0.6 is 11.6 Å². The highest BCUT2D eigenvalue weighted by Crippen LogP contribution is 2.34. The molecule has 1 spiro atoms. The van der Waals surface area contributed by atoms with Crippen molar-refractivity contribution in [3.05, 3.63) is 16.8 Å². The van der Waals surface area contributed by atoms with Gasteiger partial charge in [0.2, 0.25) is 0 Å². The zero-order valence-electron chi connectivity index (χ0n) is 11.1. The van der Waals surface area contributed by atoms with E-state index in [1.54, 1.807) is 0 Å². The molecule has 104 valence electrons. The van der Waals surface area contributed by atoms with Gasteiger partial charge in [0, 0.05) is 0 Å². The molecule has 2 N–H and O–H groups in total. The van der Waals surface area contributed by atoms with E-state index < -0.39 is 0 Å². The van der Waals surface area contributed by atoms with E-state index in [1.165, 1.54) is 0 Å². The highest BCUT2D eigenvalue weighted by atomic mass is 35.5. The molecule has 0 aliphatic carbocycles. The summed E-state index contributed by atoms with van der Waals surface area (Å²) in [7, 11) is 0. The first-order chi connectivity index (χ1) is 9.17. The number of rotatable bonds is 2. The van der Waals surface area contributed by atoms with Crippen LogP contribution < -0.4 is 10.6 Å². The summed E-state index contributed by atoms with van der Waals surface area (Å²) in [5.74, 6) is 0.779. The minimum absolute atomic E-state index is 0.0673. The average molecular weight is 283 g/mol. The van der Waals surface area contributed by atoms with Crippen molar-refractivity contribution in [2.24, 2.45) is 0 Å². The first kappa shape index (κ1) is 13.1. The number of aryl methyl sites for hydroxylation is 1. The molecule has 3 rings (SSSR count). The highest BCUT2D eigenvalue weighted by Gasteiger charge is 2.41. The molecule has 1 aromatic heterocycles. The van der Waals surface area contributed by atoms with E-state index in [2.05, 4.69) is 20.8 Å². The van der Waals surface area contributed by atoms with Crippen LogP contribution in [-0.2, 0) is 4.74 Å². The molecule has 1 aromatic rings. The van der Waals surface area contributed by atoms with Gasteiger partial charge in [-0.05, 0) is 50.9 Å². The van der Waals surface area contributed by atoms with Gasteiger partial charge in [-0.3, -0.25) is 0 Å². The topological polar surface area (TPSA) is 59.1 Å². The number of ether oxygens (including phenoxy) is 1. The predicted octanol–water partition coefficient (Wildman–Crippen LogP) is 1.76. The summed E-state index contributed by atoms with van der Waals surface area (Å²) in [6, 6.07) is 2.25. The molecule has 2 saturated heterocycles. The lowest BCUT2D eigenvalue weighted by Crippen LogP contribution is -2.41. The molecule has 0 radical (unpaired) electrons. The van der Waals surface area contributed by atoms with E-state index in [4.69, 9.17) is 16.3 Å². The Labute approximate surface area is 118 Å². The molecule has 19 heavy (non-hydrogen) atoms. The lowest BCUT2D eigenvalue weighted by Gasteiger charge is -2.32. The lowest BCUT2D eigenvalue weighted by atomic mass is 9.88. The van der Waals surface area contributed by atoms with Crippen molar-refractivity contribution in [1.29, 1.82) is 0 Å². The molecule has 5 nitrogen and oxygen atoms in total. The van der Waals surface area contributed by atoms with E-state index in [1.807, 2.05) is 13.0 Å². The zero-order chi connectivity index (χ0) is 13.3. The Morgan fingerprint density at radius 3 is 2.95 bits per heavy atom. The Balaban J connectivity index is 1.63. The fourth-order valence-electron chi connectivity index (χ4n) is 2.92. The molecular weight excluding hydrogens is 264 g/mol. The largest absolute Gasteiger partial charge is 0.373 e. The summed E-state index contributed by atoms with van der Waals surface area (Å²) >= 11 is 5.88. The summed E-state index contributed by atoms with van der Waals surface area (Å²) < 4.78 is 6.04. The number of anilines is 1. The van der Waals surface area contributed by atoms with Crippen LogP contribution in [0, 0.1) is 6.92 Å². The maximum atomic E-state index is 6.04. The van der Waals surface area contributed by atoms with Gasteiger partial charge in [-0.1, -0.05) is 11.6 Å². The van der Waals surface area contributed by atoms with Crippen molar-refractivity contribution in [2.45, 2.75) is 37.8 Å². The minimum atomic E-state index is 0.0673. The molecule has 6 heteroatoms. The smallest absolute Gasteiger partial charge is 0.154 e. The fourth-order valence-corrected chi connectivity index (χ4v) is 3.01. The maximum absolute atomic E-state index is 6.04. The van der Waals surface area contributed by atoms with Crippen molar-refractivity contribution < 1.29 is 4.74 Å². The maximum Gasteiger partial charge on any atom is 0.154 e. The molecule has 0 aromatic carbocycles. The third kappa shape index (κ3) is 2.83. The number of nitrogens with zero attached hydrogens (tertiary/aromatic N) is 2. The van der Waals surface area contributed by atoms with E-state index in [0.717, 1.165) is 50.3 Å². The SMILES string of the molecule is Cc1cc(NC2COC3(CCNCC3)C2)nnc1Cl. The summed E-state index contributed by atoms with van der Waals surface area (Å²) in [6.45, 7) is 4.77. The van der Waals surface area contributed by atoms with Crippen LogP contribution in [0.25, 0.3) is 0 Å². The minimum Gasteiger partial charge on any atom is -0.373 e. The van der Waals surface area contributed by atoms with Crippen LogP contribution in [0.2, 0.25) is 5.15 Å². The number of nitrogens with one attached hydrogen (secondary N) is 2. The summed E-state index contributed by atoms with van der Waals surface area (Å²) in [5.41, 5.74) is 1.01. The number of piperidine rings is 1. The number of aromatic nitrogens is 2.